The first-order valence-corrected chi connectivity index (χ1v) is 6.51. The standard InChI is InChI=1S/C15H25NO/c1-12(2)11-17-10-9-16-15-8-6-5-7-14(15)13(3)4/h5-8,12-13,16H,9-11H2,1-4H3. The zero-order chi connectivity index (χ0) is 12.7. The summed E-state index contributed by atoms with van der Waals surface area (Å²) in [5, 5.41) is 3.44. The van der Waals surface area contributed by atoms with Gasteiger partial charge in [-0.3, -0.25) is 0 Å². The lowest BCUT2D eigenvalue weighted by Crippen LogP contribution is -2.13. The van der Waals surface area contributed by atoms with Gasteiger partial charge in [0.15, 0.2) is 0 Å². The monoisotopic (exact) mass is 235 g/mol. The topological polar surface area (TPSA) is 21.3 Å². The molecule has 0 bridgehead atoms. The first-order chi connectivity index (χ1) is 8.11. The molecule has 2 heteroatoms. The minimum Gasteiger partial charge on any atom is -0.382 e. The molecule has 0 aromatic heterocycles. The molecule has 0 aliphatic carbocycles. The van der Waals surface area contributed by atoms with Crippen molar-refractivity contribution in [2.45, 2.75) is 33.6 Å². The predicted molar refractivity (Wildman–Crippen MR) is 74.7 cm³/mol. The van der Waals surface area contributed by atoms with Gasteiger partial charge in [0, 0.05) is 18.8 Å². The van der Waals surface area contributed by atoms with Crippen molar-refractivity contribution < 1.29 is 4.74 Å². The Morgan fingerprint density at radius 1 is 1.12 bits per heavy atom. The Kier molecular flexibility index (Phi) is 6.06. The summed E-state index contributed by atoms with van der Waals surface area (Å²) in [5.41, 5.74) is 2.60. The second-order valence-electron chi connectivity index (χ2n) is 5.14. The number of hydrogen-bond donors (Lipinski definition) is 1. The molecule has 2 nitrogen and oxygen atoms in total. The average Bonchev–Trinajstić information content (AvgIpc) is 2.28. The molecule has 0 saturated heterocycles. The predicted octanol–water partition coefficient (Wildman–Crippen LogP) is 3.89. The van der Waals surface area contributed by atoms with E-state index in [1.54, 1.807) is 0 Å². The van der Waals surface area contributed by atoms with Crippen molar-refractivity contribution in [1.82, 2.24) is 0 Å². The average molecular weight is 235 g/mol. The second kappa shape index (κ2) is 7.33. The Morgan fingerprint density at radius 2 is 1.82 bits per heavy atom. The quantitative estimate of drug-likeness (QED) is 0.724. The van der Waals surface area contributed by atoms with Crippen LogP contribution in [0.2, 0.25) is 0 Å². The van der Waals surface area contributed by atoms with Gasteiger partial charge in [-0.2, -0.15) is 0 Å². The molecule has 0 saturated carbocycles. The summed E-state index contributed by atoms with van der Waals surface area (Å²) in [5.74, 6) is 1.16. The maximum Gasteiger partial charge on any atom is 0.0639 e. The van der Waals surface area contributed by atoms with E-state index in [1.807, 2.05) is 0 Å². The maximum atomic E-state index is 5.55. The van der Waals surface area contributed by atoms with Crippen LogP contribution in [0.15, 0.2) is 24.3 Å². The van der Waals surface area contributed by atoms with Gasteiger partial charge in [-0.1, -0.05) is 45.9 Å². The highest BCUT2D eigenvalue weighted by Crippen LogP contribution is 2.23. The van der Waals surface area contributed by atoms with Gasteiger partial charge in [0.1, 0.15) is 0 Å². The molecule has 0 spiro atoms. The van der Waals surface area contributed by atoms with E-state index in [-0.39, 0.29) is 0 Å². The van der Waals surface area contributed by atoms with Crippen LogP contribution in [0.1, 0.15) is 39.2 Å². The van der Waals surface area contributed by atoms with Crippen LogP contribution >= 0.6 is 0 Å². The lowest BCUT2D eigenvalue weighted by molar-refractivity contribution is 0.118. The van der Waals surface area contributed by atoms with Crippen molar-refractivity contribution >= 4 is 5.69 Å². The first-order valence-electron chi connectivity index (χ1n) is 6.51. The molecular weight excluding hydrogens is 210 g/mol. The Morgan fingerprint density at radius 3 is 2.47 bits per heavy atom. The Labute approximate surface area is 105 Å². The van der Waals surface area contributed by atoms with Crippen molar-refractivity contribution in [3.8, 4) is 0 Å². The van der Waals surface area contributed by atoms with Gasteiger partial charge in [0.2, 0.25) is 0 Å². The lowest BCUT2D eigenvalue weighted by atomic mass is 10.0. The highest BCUT2D eigenvalue weighted by molar-refractivity contribution is 5.52. The van der Waals surface area contributed by atoms with E-state index in [0.29, 0.717) is 11.8 Å². The normalized spacial score (nSPS) is 11.2. The molecule has 0 aliphatic rings. The Hall–Kier alpha value is -1.02. The lowest BCUT2D eigenvalue weighted by Gasteiger charge is -2.14. The zero-order valence-electron chi connectivity index (χ0n) is 11.5. The fraction of sp³-hybridized carbons (Fsp3) is 0.600. The van der Waals surface area contributed by atoms with Crippen molar-refractivity contribution in [3.05, 3.63) is 29.8 Å². The van der Waals surface area contributed by atoms with Crippen LogP contribution in [0, 0.1) is 5.92 Å². The smallest absolute Gasteiger partial charge is 0.0639 e. The van der Waals surface area contributed by atoms with Crippen molar-refractivity contribution in [1.29, 1.82) is 0 Å². The largest absolute Gasteiger partial charge is 0.382 e. The van der Waals surface area contributed by atoms with E-state index in [2.05, 4.69) is 57.3 Å². The molecule has 0 heterocycles. The van der Waals surface area contributed by atoms with E-state index in [4.69, 9.17) is 4.74 Å². The molecule has 1 N–H and O–H groups in total. The zero-order valence-corrected chi connectivity index (χ0v) is 11.5. The van der Waals surface area contributed by atoms with Gasteiger partial charge in [0.25, 0.3) is 0 Å². The summed E-state index contributed by atoms with van der Waals surface area (Å²) in [4.78, 5) is 0. The maximum absolute atomic E-state index is 5.55. The number of ether oxygens (including phenoxy) is 1. The van der Waals surface area contributed by atoms with Crippen LogP contribution in [-0.4, -0.2) is 19.8 Å². The van der Waals surface area contributed by atoms with Gasteiger partial charge in [-0.25, -0.2) is 0 Å². The molecule has 0 fully saturated rings. The fourth-order valence-electron chi connectivity index (χ4n) is 1.74. The Bertz CT molecular complexity index is 320. The molecular formula is C15H25NO. The minimum absolute atomic E-state index is 0.551. The molecule has 0 unspecified atom stereocenters. The third-order valence-electron chi connectivity index (χ3n) is 2.60. The SMILES string of the molecule is CC(C)COCCNc1ccccc1C(C)C. The first kappa shape index (κ1) is 14.0. The number of nitrogens with one attached hydrogen (secondary N) is 1. The fourth-order valence-corrected chi connectivity index (χ4v) is 1.74. The third kappa shape index (κ3) is 5.22. The van der Waals surface area contributed by atoms with Gasteiger partial charge in [-0.15, -0.1) is 0 Å². The summed E-state index contributed by atoms with van der Waals surface area (Å²) in [6.45, 7) is 11.3. The summed E-state index contributed by atoms with van der Waals surface area (Å²) in [7, 11) is 0. The van der Waals surface area contributed by atoms with Crippen LogP contribution < -0.4 is 5.32 Å². The van der Waals surface area contributed by atoms with Gasteiger partial charge in [-0.05, 0) is 23.5 Å². The molecule has 0 atom stereocenters. The molecule has 1 aromatic rings. The number of benzene rings is 1. The molecule has 17 heavy (non-hydrogen) atoms. The molecule has 1 rings (SSSR count). The highest BCUT2D eigenvalue weighted by atomic mass is 16.5. The number of rotatable bonds is 7. The van der Waals surface area contributed by atoms with Crippen LogP contribution in [-0.2, 0) is 4.74 Å². The second-order valence-corrected chi connectivity index (χ2v) is 5.14. The Balaban J connectivity index is 2.36. The van der Waals surface area contributed by atoms with Crippen LogP contribution in [0.4, 0.5) is 5.69 Å². The van der Waals surface area contributed by atoms with E-state index >= 15 is 0 Å². The number of hydrogen-bond acceptors (Lipinski definition) is 2. The summed E-state index contributed by atoms with van der Waals surface area (Å²) in [6.07, 6.45) is 0. The molecule has 0 radical (unpaired) electrons. The van der Waals surface area contributed by atoms with Crippen molar-refractivity contribution in [3.63, 3.8) is 0 Å². The molecule has 0 aliphatic heterocycles. The summed E-state index contributed by atoms with van der Waals surface area (Å²) >= 11 is 0. The van der Waals surface area contributed by atoms with Crippen LogP contribution in [0.25, 0.3) is 0 Å². The van der Waals surface area contributed by atoms with Gasteiger partial charge < -0.3 is 10.1 Å². The van der Waals surface area contributed by atoms with Gasteiger partial charge >= 0.3 is 0 Å². The van der Waals surface area contributed by atoms with E-state index in [0.717, 1.165) is 19.8 Å². The van der Waals surface area contributed by atoms with Crippen molar-refractivity contribution in [2.75, 3.05) is 25.1 Å². The highest BCUT2D eigenvalue weighted by Gasteiger charge is 2.04. The number of anilines is 1. The van der Waals surface area contributed by atoms with Crippen LogP contribution in [0.5, 0.6) is 0 Å². The molecule has 96 valence electrons. The third-order valence-corrected chi connectivity index (χ3v) is 2.60. The van der Waals surface area contributed by atoms with E-state index in [9.17, 15) is 0 Å². The van der Waals surface area contributed by atoms with Crippen LogP contribution in [0.3, 0.4) is 0 Å². The summed E-state index contributed by atoms with van der Waals surface area (Å²) in [6, 6.07) is 8.48. The van der Waals surface area contributed by atoms with E-state index < -0.39 is 0 Å². The molecule has 0 amide bonds. The van der Waals surface area contributed by atoms with Crippen molar-refractivity contribution in [2.24, 2.45) is 5.92 Å². The van der Waals surface area contributed by atoms with E-state index in [1.165, 1.54) is 11.3 Å². The minimum atomic E-state index is 0.551. The number of para-hydroxylation sites is 1. The summed E-state index contributed by atoms with van der Waals surface area (Å²) < 4.78 is 5.55. The molecule has 1 aromatic carbocycles. The van der Waals surface area contributed by atoms with Gasteiger partial charge in [0.05, 0.1) is 6.61 Å².